The first-order valence-corrected chi connectivity index (χ1v) is 9.04. The van der Waals surface area contributed by atoms with E-state index < -0.39 is 13.9 Å². The molecule has 1 rings (SSSR count). The van der Waals surface area contributed by atoms with Gasteiger partial charge in [-0.05, 0) is 31.0 Å². The lowest BCUT2D eigenvalue weighted by Crippen LogP contribution is -2.16. The molecule has 0 aromatic heterocycles. The van der Waals surface area contributed by atoms with Gasteiger partial charge in [0.15, 0.2) is 6.29 Å². The molecule has 90 valence electrons. The fraction of sp³-hybridized carbons (Fsp3) is 0.357. The van der Waals surface area contributed by atoms with E-state index in [1.807, 2.05) is 6.92 Å². The Morgan fingerprint density at radius 3 is 2.35 bits per heavy atom. The summed E-state index contributed by atoms with van der Waals surface area (Å²) in [7, 11) is -1.52. The number of carbonyl (C=O) groups excluding carboxylic acids is 1. The lowest BCUT2D eigenvalue weighted by Gasteiger charge is -2.08. The number of benzene rings is 1. The van der Waals surface area contributed by atoms with E-state index in [-0.39, 0.29) is 5.56 Å². The monoisotopic (exact) mass is 248 g/mol. The summed E-state index contributed by atoms with van der Waals surface area (Å²) in [6.07, 6.45) is 0.552. The second-order valence-electron chi connectivity index (χ2n) is 5.21. The summed E-state index contributed by atoms with van der Waals surface area (Å²) in [6.45, 7) is 9.83. The predicted octanol–water partition coefficient (Wildman–Crippen LogP) is 3.48. The molecule has 17 heavy (non-hydrogen) atoms. The molecule has 0 bridgehead atoms. The summed E-state index contributed by atoms with van der Waals surface area (Å²) in [4.78, 5) is 10.9. The van der Waals surface area contributed by atoms with Crippen molar-refractivity contribution in [1.29, 1.82) is 0 Å². The maximum atomic E-state index is 13.9. The molecule has 0 unspecified atom stereocenters. The second kappa shape index (κ2) is 4.85. The summed E-state index contributed by atoms with van der Waals surface area (Å²) >= 11 is 0. The minimum atomic E-state index is -1.52. The Hall–Kier alpha value is -1.40. The Balaban J connectivity index is 3.43. The Labute approximate surface area is 103 Å². The van der Waals surface area contributed by atoms with Crippen LogP contribution in [0.2, 0.25) is 19.6 Å². The highest BCUT2D eigenvalue weighted by Gasteiger charge is 2.13. The topological polar surface area (TPSA) is 17.1 Å². The van der Waals surface area contributed by atoms with E-state index in [2.05, 4.69) is 31.1 Å². The highest BCUT2D eigenvalue weighted by molar-refractivity contribution is 6.83. The number of halogens is 1. The zero-order valence-corrected chi connectivity index (χ0v) is 11.9. The molecular weight excluding hydrogens is 231 g/mol. The number of aryl methyl sites for hydroxylation is 1. The van der Waals surface area contributed by atoms with E-state index in [1.54, 1.807) is 13.0 Å². The molecule has 0 aliphatic carbocycles. The number of hydrogen-bond acceptors (Lipinski definition) is 1. The molecule has 0 saturated carbocycles. The van der Waals surface area contributed by atoms with Crippen LogP contribution in [-0.4, -0.2) is 14.4 Å². The van der Waals surface area contributed by atoms with E-state index in [0.29, 0.717) is 17.4 Å². The van der Waals surface area contributed by atoms with Gasteiger partial charge in [0.25, 0.3) is 0 Å². The van der Waals surface area contributed by atoms with Crippen molar-refractivity contribution in [2.24, 2.45) is 0 Å². The van der Waals surface area contributed by atoms with E-state index in [9.17, 15) is 9.18 Å². The number of rotatable bonds is 1. The molecule has 1 nitrogen and oxygen atoms in total. The van der Waals surface area contributed by atoms with Gasteiger partial charge >= 0.3 is 0 Å². The summed E-state index contributed by atoms with van der Waals surface area (Å²) in [5.74, 6) is 2.51. The highest BCUT2D eigenvalue weighted by atomic mass is 28.3. The molecule has 0 N–H and O–H groups in total. The van der Waals surface area contributed by atoms with E-state index >= 15 is 0 Å². The third-order valence-corrected chi connectivity index (χ3v) is 3.37. The van der Waals surface area contributed by atoms with Crippen molar-refractivity contribution in [1.82, 2.24) is 0 Å². The maximum Gasteiger partial charge on any atom is 0.154 e. The van der Waals surface area contributed by atoms with Crippen molar-refractivity contribution in [3.63, 3.8) is 0 Å². The van der Waals surface area contributed by atoms with Crippen molar-refractivity contribution >= 4 is 14.4 Å². The molecule has 1 aromatic carbocycles. The highest BCUT2D eigenvalue weighted by Crippen LogP contribution is 2.19. The lowest BCUT2D eigenvalue weighted by atomic mass is 10.00. The minimum Gasteiger partial charge on any atom is -0.298 e. The summed E-state index contributed by atoms with van der Waals surface area (Å²) in [6, 6.07) is 1.79. The van der Waals surface area contributed by atoms with Crippen LogP contribution in [-0.2, 0) is 0 Å². The quantitative estimate of drug-likeness (QED) is 0.422. The van der Waals surface area contributed by atoms with Crippen LogP contribution in [0, 0.1) is 31.1 Å². The van der Waals surface area contributed by atoms with Crippen LogP contribution in [0.3, 0.4) is 0 Å². The molecule has 0 spiro atoms. The number of aldehydes is 1. The maximum absolute atomic E-state index is 13.9. The molecule has 0 aliphatic rings. The van der Waals surface area contributed by atoms with Gasteiger partial charge in [-0.25, -0.2) is 4.39 Å². The molecule has 0 atom stereocenters. The van der Waals surface area contributed by atoms with Crippen molar-refractivity contribution in [3.8, 4) is 11.5 Å². The molecule has 0 radical (unpaired) electrons. The SMILES string of the molecule is Cc1cc(C#C[Si](C)(C)C)c(C=O)c(F)c1C. The molecule has 3 heteroatoms. The predicted molar refractivity (Wildman–Crippen MR) is 71.5 cm³/mol. The van der Waals surface area contributed by atoms with Crippen molar-refractivity contribution in [2.75, 3.05) is 0 Å². The molecule has 0 aliphatic heterocycles. The van der Waals surface area contributed by atoms with Crippen LogP contribution in [0.25, 0.3) is 0 Å². The standard InChI is InChI=1S/C14H17FOSi/c1-10-8-12(6-7-17(3,4)5)13(9-16)14(15)11(10)2/h8-9H,1-5H3. The zero-order chi connectivity index (χ0) is 13.2. The Morgan fingerprint density at radius 1 is 1.29 bits per heavy atom. The fourth-order valence-corrected chi connectivity index (χ4v) is 1.88. The van der Waals surface area contributed by atoms with E-state index in [0.717, 1.165) is 5.56 Å². The summed E-state index contributed by atoms with van der Waals surface area (Å²) < 4.78 is 13.9. The molecule has 0 heterocycles. The average molecular weight is 248 g/mol. The van der Waals surface area contributed by atoms with Gasteiger partial charge in [0, 0.05) is 5.56 Å². The van der Waals surface area contributed by atoms with Gasteiger partial charge in [-0.2, -0.15) is 0 Å². The molecule has 0 amide bonds. The van der Waals surface area contributed by atoms with Crippen LogP contribution in [0.15, 0.2) is 6.07 Å². The Morgan fingerprint density at radius 2 is 1.88 bits per heavy atom. The normalized spacial score (nSPS) is 10.7. The van der Waals surface area contributed by atoms with Crippen LogP contribution < -0.4 is 0 Å². The van der Waals surface area contributed by atoms with Crippen LogP contribution in [0.5, 0.6) is 0 Å². The minimum absolute atomic E-state index is 0.0823. The van der Waals surface area contributed by atoms with Gasteiger partial charge in [0.05, 0.1) is 5.56 Å². The van der Waals surface area contributed by atoms with Gasteiger partial charge in [-0.1, -0.05) is 25.6 Å². The zero-order valence-electron chi connectivity index (χ0n) is 10.9. The number of carbonyl (C=O) groups is 1. The van der Waals surface area contributed by atoms with Crippen molar-refractivity contribution < 1.29 is 9.18 Å². The van der Waals surface area contributed by atoms with Gasteiger partial charge in [0.2, 0.25) is 0 Å². The molecule has 0 fully saturated rings. The van der Waals surface area contributed by atoms with Crippen molar-refractivity contribution in [2.45, 2.75) is 33.5 Å². The first-order valence-electron chi connectivity index (χ1n) is 5.54. The fourth-order valence-electron chi connectivity index (χ4n) is 1.37. The van der Waals surface area contributed by atoms with Crippen LogP contribution in [0.4, 0.5) is 4.39 Å². The van der Waals surface area contributed by atoms with Gasteiger partial charge in [0.1, 0.15) is 13.9 Å². The van der Waals surface area contributed by atoms with Crippen LogP contribution >= 0.6 is 0 Å². The van der Waals surface area contributed by atoms with Gasteiger partial charge < -0.3 is 0 Å². The van der Waals surface area contributed by atoms with Crippen molar-refractivity contribution in [3.05, 3.63) is 34.1 Å². The summed E-state index contributed by atoms with van der Waals surface area (Å²) in [5, 5.41) is 0. The lowest BCUT2D eigenvalue weighted by molar-refractivity contribution is 0.111. The number of hydrogen-bond donors (Lipinski definition) is 0. The first-order chi connectivity index (χ1) is 7.76. The smallest absolute Gasteiger partial charge is 0.154 e. The third kappa shape index (κ3) is 3.27. The second-order valence-corrected chi connectivity index (χ2v) is 9.96. The Bertz CT molecular complexity index is 516. The van der Waals surface area contributed by atoms with Crippen LogP contribution in [0.1, 0.15) is 27.0 Å². The van der Waals surface area contributed by atoms with Gasteiger partial charge in [-0.3, -0.25) is 4.79 Å². The third-order valence-electron chi connectivity index (χ3n) is 2.50. The molecule has 1 aromatic rings. The van der Waals surface area contributed by atoms with E-state index in [4.69, 9.17) is 0 Å². The molecule has 0 saturated heterocycles. The van der Waals surface area contributed by atoms with E-state index in [1.165, 1.54) is 0 Å². The van der Waals surface area contributed by atoms with Gasteiger partial charge in [-0.15, -0.1) is 5.54 Å². The Kier molecular flexibility index (Phi) is 3.89. The largest absolute Gasteiger partial charge is 0.298 e. The summed E-state index contributed by atoms with van der Waals surface area (Å²) in [5.41, 5.74) is 5.08. The molecular formula is C14H17FOSi. The first kappa shape index (κ1) is 13.7. The average Bonchev–Trinajstić information content (AvgIpc) is 2.22.